The van der Waals surface area contributed by atoms with E-state index in [1.54, 1.807) is 6.07 Å². The molecule has 1 saturated heterocycles. The molecular formula is C15H19FN6O. The van der Waals surface area contributed by atoms with Crippen LogP contribution in [0.2, 0.25) is 0 Å². The second-order valence-corrected chi connectivity index (χ2v) is 5.79. The minimum atomic E-state index is -0.227. The van der Waals surface area contributed by atoms with E-state index >= 15 is 0 Å². The van der Waals surface area contributed by atoms with E-state index in [0.717, 1.165) is 30.6 Å². The second-order valence-electron chi connectivity index (χ2n) is 5.79. The van der Waals surface area contributed by atoms with Crippen LogP contribution in [-0.2, 0) is 11.3 Å². The molecule has 0 unspecified atom stereocenters. The highest BCUT2D eigenvalue weighted by Gasteiger charge is 2.22. The molecule has 1 N–H and O–H groups in total. The Balaban J connectivity index is 1.60. The van der Waals surface area contributed by atoms with E-state index in [1.165, 1.54) is 23.1 Å². The summed E-state index contributed by atoms with van der Waals surface area (Å²) < 4.78 is 14.6. The molecule has 0 radical (unpaired) electrons. The smallest absolute Gasteiger partial charge is 0.242 e. The van der Waals surface area contributed by atoms with E-state index in [1.807, 2.05) is 6.92 Å². The molecular weight excluding hydrogens is 299 g/mol. The molecule has 1 atom stereocenters. The average molecular weight is 318 g/mol. The number of hydrogen-bond acceptors (Lipinski definition) is 5. The van der Waals surface area contributed by atoms with Crippen molar-refractivity contribution >= 4 is 11.6 Å². The van der Waals surface area contributed by atoms with Crippen LogP contribution in [0.5, 0.6) is 0 Å². The quantitative estimate of drug-likeness (QED) is 0.907. The van der Waals surface area contributed by atoms with E-state index in [0.29, 0.717) is 6.54 Å². The summed E-state index contributed by atoms with van der Waals surface area (Å²) in [4.78, 5) is 14.2. The second kappa shape index (κ2) is 6.72. The molecule has 0 spiro atoms. The Kier molecular flexibility index (Phi) is 4.50. The predicted octanol–water partition coefficient (Wildman–Crippen LogP) is 0.906. The number of tetrazole rings is 1. The molecule has 1 aliphatic rings. The summed E-state index contributed by atoms with van der Waals surface area (Å²) in [6, 6.07) is 4.88. The Morgan fingerprint density at radius 1 is 1.48 bits per heavy atom. The lowest BCUT2D eigenvalue weighted by atomic mass is 10.0. The van der Waals surface area contributed by atoms with Gasteiger partial charge in [-0.2, -0.15) is 0 Å². The number of anilines is 1. The van der Waals surface area contributed by atoms with Crippen LogP contribution >= 0.6 is 0 Å². The molecule has 1 aromatic carbocycles. The van der Waals surface area contributed by atoms with E-state index in [2.05, 4.69) is 25.7 Å². The molecule has 0 saturated carbocycles. The molecule has 1 aliphatic heterocycles. The number of rotatable bonds is 4. The number of nitrogens with zero attached hydrogens (tertiary/aromatic N) is 5. The monoisotopic (exact) mass is 318 g/mol. The first-order chi connectivity index (χ1) is 11.1. The van der Waals surface area contributed by atoms with Crippen LogP contribution in [0.1, 0.15) is 18.4 Å². The number of aryl methyl sites for hydroxylation is 1. The highest BCUT2D eigenvalue weighted by molar-refractivity contribution is 5.76. The summed E-state index contributed by atoms with van der Waals surface area (Å²) in [5, 5.41) is 13.7. The van der Waals surface area contributed by atoms with Crippen molar-refractivity contribution in [1.29, 1.82) is 0 Å². The SMILES string of the molecule is Cc1cc(F)ccc1N1CCC[C@H](NC(=O)Cn2cnnn2)C1. The first kappa shape index (κ1) is 15.4. The van der Waals surface area contributed by atoms with E-state index in [-0.39, 0.29) is 24.3 Å². The molecule has 122 valence electrons. The van der Waals surface area contributed by atoms with Gasteiger partial charge in [0.25, 0.3) is 0 Å². The van der Waals surface area contributed by atoms with Gasteiger partial charge in [-0.05, 0) is 54.0 Å². The van der Waals surface area contributed by atoms with Crippen LogP contribution in [0.15, 0.2) is 24.5 Å². The van der Waals surface area contributed by atoms with Gasteiger partial charge in [0.05, 0.1) is 0 Å². The molecule has 2 heterocycles. The third-order valence-corrected chi connectivity index (χ3v) is 3.98. The molecule has 8 heteroatoms. The lowest BCUT2D eigenvalue weighted by Crippen LogP contribution is -2.48. The van der Waals surface area contributed by atoms with Crippen LogP contribution in [0.3, 0.4) is 0 Å². The number of piperidine rings is 1. The number of halogens is 1. The van der Waals surface area contributed by atoms with Gasteiger partial charge in [0.15, 0.2) is 0 Å². The van der Waals surface area contributed by atoms with Crippen molar-refractivity contribution in [1.82, 2.24) is 25.5 Å². The third kappa shape index (κ3) is 3.82. The summed E-state index contributed by atoms with van der Waals surface area (Å²) >= 11 is 0. The molecule has 23 heavy (non-hydrogen) atoms. The van der Waals surface area contributed by atoms with Crippen molar-refractivity contribution in [2.75, 3.05) is 18.0 Å². The van der Waals surface area contributed by atoms with E-state index in [4.69, 9.17) is 0 Å². The first-order valence-electron chi connectivity index (χ1n) is 7.63. The topological polar surface area (TPSA) is 75.9 Å². The van der Waals surface area contributed by atoms with Gasteiger partial charge in [0.1, 0.15) is 18.7 Å². The van der Waals surface area contributed by atoms with Crippen LogP contribution in [0.25, 0.3) is 0 Å². The van der Waals surface area contributed by atoms with Crippen molar-refractivity contribution in [3.63, 3.8) is 0 Å². The fraction of sp³-hybridized carbons (Fsp3) is 0.467. The number of aromatic nitrogens is 4. The molecule has 1 amide bonds. The third-order valence-electron chi connectivity index (χ3n) is 3.98. The van der Waals surface area contributed by atoms with Crippen molar-refractivity contribution in [3.8, 4) is 0 Å². The van der Waals surface area contributed by atoms with Crippen LogP contribution in [-0.4, -0.2) is 45.2 Å². The largest absolute Gasteiger partial charge is 0.369 e. The summed E-state index contributed by atoms with van der Waals surface area (Å²) in [6.45, 7) is 3.64. The van der Waals surface area contributed by atoms with Crippen LogP contribution in [0.4, 0.5) is 10.1 Å². The zero-order chi connectivity index (χ0) is 16.2. The van der Waals surface area contributed by atoms with Gasteiger partial charge in [-0.3, -0.25) is 4.79 Å². The molecule has 7 nitrogen and oxygen atoms in total. The van der Waals surface area contributed by atoms with Gasteiger partial charge >= 0.3 is 0 Å². The number of hydrogen-bond donors (Lipinski definition) is 1. The highest BCUT2D eigenvalue weighted by Crippen LogP contribution is 2.24. The van der Waals surface area contributed by atoms with Crippen LogP contribution in [0, 0.1) is 12.7 Å². The number of carbonyl (C=O) groups is 1. The fourth-order valence-electron chi connectivity index (χ4n) is 2.96. The van der Waals surface area contributed by atoms with Gasteiger partial charge in [-0.25, -0.2) is 9.07 Å². The lowest BCUT2D eigenvalue weighted by Gasteiger charge is -2.35. The van der Waals surface area contributed by atoms with E-state index in [9.17, 15) is 9.18 Å². The van der Waals surface area contributed by atoms with Crippen LogP contribution < -0.4 is 10.2 Å². The van der Waals surface area contributed by atoms with Crippen molar-refractivity contribution < 1.29 is 9.18 Å². The Bertz CT molecular complexity index is 675. The van der Waals surface area contributed by atoms with Crippen molar-refractivity contribution in [3.05, 3.63) is 35.9 Å². The van der Waals surface area contributed by atoms with Gasteiger partial charge in [-0.15, -0.1) is 5.10 Å². The first-order valence-corrected chi connectivity index (χ1v) is 7.63. The molecule has 0 aliphatic carbocycles. The van der Waals surface area contributed by atoms with Gasteiger partial charge in [-0.1, -0.05) is 0 Å². The maximum absolute atomic E-state index is 13.2. The molecule has 3 rings (SSSR count). The van der Waals surface area contributed by atoms with Crippen molar-refractivity contribution in [2.24, 2.45) is 0 Å². The lowest BCUT2D eigenvalue weighted by molar-refractivity contribution is -0.122. The zero-order valence-corrected chi connectivity index (χ0v) is 12.9. The number of benzene rings is 1. The zero-order valence-electron chi connectivity index (χ0n) is 12.9. The molecule has 1 fully saturated rings. The Morgan fingerprint density at radius 3 is 3.09 bits per heavy atom. The normalized spacial score (nSPS) is 18.0. The molecule has 0 bridgehead atoms. The van der Waals surface area contributed by atoms with E-state index < -0.39 is 0 Å². The number of nitrogens with one attached hydrogen (secondary N) is 1. The molecule has 1 aromatic heterocycles. The number of carbonyl (C=O) groups excluding carboxylic acids is 1. The maximum atomic E-state index is 13.2. The Morgan fingerprint density at radius 2 is 2.35 bits per heavy atom. The van der Waals surface area contributed by atoms with Gasteiger partial charge < -0.3 is 10.2 Å². The average Bonchev–Trinajstić information content (AvgIpc) is 3.00. The summed E-state index contributed by atoms with van der Waals surface area (Å²) in [5.41, 5.74) is 1.93. The molecule has 2 aromatic rings. The summed E-state index contributed by atoms with van der Waals surface area (Å²) in [7, 11) is 0. The fourth-order valence-corrected chi connectivity index (χ4v) is 2.96. The Hall–Kier alpha value is -2.51. The standard InChI is InChI=1S/C15H19FN6O/c1-11-7-12(16)4-5-14(11)21-6-2-3-13(8-21)18-15(23)9-22-10-17-19-20-22/h4-5,7,10,13H,2-3,6,8-9H2,1H3,(H,18,23)/t13-/m0/s1. The van der Waals surface area contributed by atoms with Gasteiger partial charge in [0.2, 0.25) is 5.91 Å². The minimum Gasteiger partial charge on any atom is -0.369 e. The number of amides is 1. The summed E-state index contributed by atoms with van der Waals surface area (Å²) in [6.07, 6.45) is 3.32. The highest BCUT2D eigenvalue weighted by atomic mass is 19.1. The van der Waals surface area contributed by atoms with Crippen molar-refractivity contribution in [2.45, 2.75) is 32.4 Å². The van der Waals surface area contributed by atoms with Gasteiger partial charge in [0, 0.05) is 24.8 Å². The Labute approximate surface area is 133 Å². The predicted molar refractivity (Wildman–Crippen MR) is 82.3 cm³/mol. The summed E-state index contributed by atoms with van der Waals surface area (Å²) in [5.74, 6) is -0.338. The minimum absolute atomic E-state index is 0.0668. The maximum Gasteiger partial charge on any atom is 0.242 e.